The number of carbonyl (C=O) groups is 1. The maximum Gasteiger partial charge on any atom is 0.249 e. The fraction of sp³-hybridized carbons (Fsp3) is 0.100. The van der Waals surface area contributed by atoms with Crippen LogP contribution in [0, 0.1) is 3.57 Å². The Morgan fingerprint density at radius 2 is 2.21 bits per heavy atom. The first-order chi connectivity index (χ1) is 6.57. The van der Waals surface area contributed by atoms with Gasteiger partial charge in [0.1, 0.15) is 0 Å². The predicted octanol–water partition coefficient (Wildman–Crippen LogP) is 1.58. The largest absolute Gasteiger partial charge is 0.366 e. The van der Waals surface area contributed by atoms with Crippen molar-refractivity contribution in [2.24, 2.45) is 11.5 Å². The second-order valence-electron chi connectivity index (χ2n) is 2.83. The van der Waals surface area contributed by atoms with Gasteiger partial charge in [-0.05, 0) is 34.2 Å². The molecular weight excluding hydrogens is 291 g/mol. The molecule has 1 rings (SSSR count). The second kappa shape index (κ2) is 4.56. The van der Waals surface area contributed by atoms with Gasteiger partial charge in [0.2, 0.25) is 5.91 Å². The molecule has 4 N–H and O–H groups in total. The van der Waals surface area contributed by atoms with Gasteiger partial charge in [-0.25, -0.2) is 0 Å². The Kier molecular flexibility index (Phi) is 3.65. The van der Waals surface area contributed by atoms with Gasteiger partial charge in [-0.3, -0.25) is 4.79 Å². The lowest BCUT2D eigenvalue weighted by Crippen LogP contribution is -2.16. The lowest BCUT2D eigenvalue weighted by Gasteiger charge is -2.11. The van der Waals surface area contributed by atoms with Crippen molar-refractivity contribution in [3.8, 4) is 0 Å². The molecule has 3 nitrogen and oxygen atoms in total. The molecule has 1 aromatic rings. The Bertz CT molecular complexity index is 376. The molecule has 0 spiro atoms. The van der Waals surface area contributed by atoms with E-state index in [1.807, 2.05) is 6.07 Å². The summed E-state index contributed by atoms with van der Waals surface area (Å²) >= 11 is 2.07. The fourth-order valence-corrected chi connectivity index (χ4v) is 2.11. The fourth-order valence-electron chi connectivity index (χ4n) is 1.12. The minimum Gasteiger partial charge on any atom is -0.366 e. The molecule has 14 heavy (non-hydrogen) atoms. The number of nitrogens with two attached hydrogens (primary N) is 2. The second-order valence-corrected chi connectivity index (χ2v) is 3.91. The van der Waals surface area contributed by atoms with Crippen LogP contribution >= 0.6 is 22.6 Å². The first-order valence-electron chi connectivity index (χ1n) is 4.04. The van der Waals surface area contributed by atoms with Gasteiger partial charge in [0, 0.05) is 9.61 Å². The zero-order chi connectivity index (χ0) is 10.7. The van der Waals surface area contributed by atoms with Gasteiger partial charge in [0.05, 0.1) is 5.56 Å². The minimum atomic E-state index is -0.437. The highest BCUT2D eigenvalue weighted by atomic mass is 127. The molecule has 1 atom stereocenters. The van der Waals surface area contributed by atoms with Crippen LogP contribution in [0.15, 0.2) is 30.9 Å². The Hall–Kier alpha value is -0.880. The van der Waals surface area contributed by atoms with Gasteiger partial charge >= 0.3 is 0 Å². The van der Waals surface area contributed by atoms with E-state index >= 15 is 0 Å². The van der Waals surface area contributed by atoms with Crippen molar-refractivity contribution in [3.05, 3.63) is 45.6 Å². The summed E-state index contributed by atoms with van der Waals surface area (Å²) in [5.74, 6) is -0.437. The average molecular weight is 302 g/mol. The van der Waals surface area contributed by atoms with Crippen molar-refractivity contribution in [2.75, 3.05) is 0 Å². The quantitative estimate of drug-likeness (QED) is 0.657. The van der Waals surface area contributed by atoms with Gasteiger partial charge in [-0.1, -0.05) is 18.2 Å². The summed E-state index contributed by atoms with van der Waals surface area (Å²) in [7, 11) is 0. The standard InChI is InChI=1S/C10H11IN2O/c1-2-8(12)6-4-3-5-7(9(6)11)10(13)14/h2-5,8H,1,12H2,(H2,13,14). The lowest BCUT2D eigenvalue weighted by molar-refractivity contribution is 0.0999. The summed E-state index contributed by atoms with van der Waals surface area (Å²) < 4.78 is 0.796. The maximum absolute atomic E-state index is 11.0. The monoisotopic (exact) mass is 302 g/mol. The number of carbonyl (C=O) groups excluding carboxylic acids is 1. The Labute approximate surface area is 96.3 Å². The van der Waals surface area contributed by atoms with Crippen LogP contribution in [-0.4, -0.2) is 5.91 Å². The number of benzene rings is 1. The third-order valence-electron chi connectivity index (χ3n) is 1.91. The lowest BCUT2D eigenvalue weighted by atomic mass is 10.0. The summed E-state index contributed by atoms with van der Waals surface area (Å²) in [5.41, 5.74) is 12.4. The van der Waals surface area contributed by atoms with Gasteiger partial charge in [0.15, 0.2) is 0 Å². The zero-order valence-corrected chi connectivity index (χ0v) is 9.69. The molecule has 74 valence electrons. The summed E-state index contributed by atoms with van der Waals surface area (Å²) in [6.45, 7) is 3.61. The van der Waals surface area contributed by atoms with Gasteiger partial charge in [-0.2, -0.15) is 0 Å². The number of primary amides is 1. The Balaban J connectivity index is 3.26. The van der Waals surface area contributed by atoms with Gasteiger partial charge in [0.25, 0.3) is 0 Å². The first-order valence-corrected chi connectivity index (χ1v) is 5.12. The van der Waals surface area contributed by atoms with Crippen LogP contribution in [0.1, 0.15) is 22.0 Å². The number of hydrogen-bond donors (Lipinski definition) is 2. The van der Waals surface area contributed by atoms with Crippen LogP contribution < -0.4 is 11.5 Å². The van der Waals surface area contributed by atoms with Crippen LogP contribution in [0.4, 0.5) is 0 Å². The smallest absolute Gasteiger partial charge is 0.249 e. The molecule has 0 saturated heterocycles. The minimum absolute atomic E-state index is 0.263. The molecule has 4 heteroatoms. The summed E-state index contributed by atoms with van der Waals surface area (Å²) in [5, 5.41) is 0. The van der Waals surface area contributed by atoms with E-state index in [-0.39, 0.29) is 6.04 Å². The van der Waals surface area contributed by atoms with E-state index in [4.69, 9.17) is 11.5 Å². The van der Waals surface area contributed by atoms with E-state index in [0.717, 1.165) is 9.13 Å². The van der Waals surface area contributed by atoms with Crippen LogP contribution in [0.5, 0.6) is 0 Å². The predicted molar refractivity (Wildman–Crippen MR) is 64.8 cm³/mol. The number of halogens is 1. The number of hydrogen-bond acceptors (Lipinski definition) is 2. The molecule has 0 aliphatic rings. The van der Waals surface area contributed by atoms with Gasteiger partial charge < -0.3 is 11.5 Å². The third kappa shape index (κ3) is 2.13. The topological polar surface area (TPSA) is 69.1 Å². The third-order valence-corrected chi connectivity index (χ3v) is 3.11. The van der Waals surface area contributed by atoms with Crippen molar-refractivity contribution >= 4 is 28.5 Å². The highest BCUT2D eigenvalue weighted by Crippen LogP contribution is 2.22. The summed E-state index contributed by atoms with van der Waals surface area (Å²) in [6, 6.07) is 5.05. The summed E-state index contributed by atoms with van der Waals surface area (Å²) in [6.07, 6.45) is 1.63. The van der Waals surface area contributed by atoms with Crippen LogP contribution in [-0.2, 0) is 0 Å². The highest BCUT2D eigenvalue weighted by Gasteiger charge is 2.12. The molecular formula is C10H11IN2O. The van der Waals surface area contributed by atoms with Gasteiger partial charge in [-0.15, -0.1) is 6.58 Å². The van der Waals surface area contributed by atoms with Crippen molar-refractivity contribution < 1.29 is 4.79 Å². The molecule has 0 aromatic heterocycles. The maximum atomic E-state index is 11.0. The molecule has 0 radical (unpaired) electrons. The first kappa shape index (κ1) is 11.2. The Morgan fingerprint density at radius 3 is 2.71 bits per heavy atom. The summed E-state index contributed by atoms with van der Waals surface area (Å²) in [4.78, 5) is 11.0. The van der Waals surface area contributed by atoms with E-state index < -0.39 is 5.91 Å². The normalized spacial score (nSPS) is 12.1. The van der Waals surface area contributed by atoms with Crippen LogP contribution in [0.2, 0.25) is 0 Å². The van der Waals surface area contributed by atoms with E-state index in [1.165, 1.54) is 0 Å². The highest BCUT2D eigenvalue weighted by molar-refractivity contribution is 14.1. The van der Waals surface area contributed by atoms with E-state index in [0.29, 0.717) is 5.56 Å². The molecule has 0 saturated carbocycles. The van der Waals surface area contributed by atoms with E-state index in [2.05, 4.69) is 29.2 Å². The number of amides is 1. The molecule has 0 bridgehead atoms. The van der Waals surface area contributed by atoms with Crippen molar-refractivity contribution in [1.29, 1.82) is 0 Å². The number of rotatable bonds is 3. The molecule has 0 aliphatic carbocycles. The van der Waals surface area contributed by atoms with Crippen LogP contribution in [0.25, 0.3) is 0 Å². The Morgan fingerprint density at radius 1 is 1.57 bits per heavy atom. The molecule has 0 aliphatic heterocycles. The van der Waals surface area contributed by atoms with Crippen molar-refractivity contribution in [1.82, 2.24) is 0 Å². The van der Waals surface area contributed by atoms with Crippen molar-refractivity contribution in [2.45, 2.75) is 6.04 Å². The molecule has 1 amide bonds. The SMILES string of the molecule is C=CC(N)c1cccc(C(N)=O)c1I. The van der Waals surface area contributed by atoms with E-state index in [1.54, 1.807) is 18.2 Å². The average Bonchev–Trinajstić information content (AvgIpc) is 2.16. The van der Waals surface area contributed by atoms with Crippen LogP contribution in [0.3, 0.4) is 0 Å². The van der Waals surface area contributed by atoms with Crippen molar-refractivity contribution in [3.63, 3.8) is 0 Å². The molecule has 1 aromatic carbocycles. The molecule has 0 heterocycles. The molecule has 0 fully saturated rings. The zero-order valence-electron chi connectivity index (χ0n) is 7.53. The molecule has 1 unspecified atom stereocenters. The van der Waals surface area contributed by atoms with E-state index in [9.17, 15) is 4.79 Å².